The number of nitrogens with one attached hydrogen (secondary N) is 2. The number of aliphatic hydroxyl groups excluding tert-OH is 1. The highest BCUT2D eigenvalue weighted by molar-refractivity contribution is 6.04. The van der Waals surface area contributed by atoms with Crippen LogP contribution in [0.25, 0.3) is 0 Å². The van der Waals surface area contributed by atoms with E-state index >= 15 is 0 Å². The van der Waals surface area contributed by atoms with Crippen molar-refractivity contribution < 1.29 is 28.9 Å². The molecule has 0 fully saturated rings. The van der Waals surface area contributed by atoms with Crippen LogP contribution in [-0.2, 0) is 6.54 Å². The molecule has 0 aromatic heterocycles. The van der Waals surface area contributed by atoms with Crippen LogP contribution in [0.4, 0.5) is 16.2 Å². The van der Waals surface area contributed by atoms with Crippen molar-refractivity contribution in [2.24, 2.45) is 5.92 Å². The van der Waals surface area contributed by atoms with Gasteiger partial charge >= 0.3 is 6.03 Å². The highest BCUT2D eigenvalue weighted by Crippen LogP contribution is 2.35. The van der Waals surface area contributed by atoms with E-state index in [1.807, 2.05) is 75.5 Å². The van der Waals surface area contributed by atoms with Crippen molar-refractivity contribution in [2.75, 3.05) is 44.5 Å². The van der Waals surface area contributed by atoms with Gasteiger partial charge in [-0.05, 0) is 80.2 Å². The lowest BCUT2D eigenvalue weighted by Crippen LogP contribution is -2.49. The summed E-state index contributed by atoms with van der Waals surface area (Å²) >= 11 is 0. The number of aliphatic hydroxyl groups is 1. The van der Waals surface area contributed by atoms with Gasteiger partial charge in [0, 0.05) is 31.2 Å². The van der Waals surface area contributed by atoms with Gasteiger partial charge in [-0.1, -0.05) is 43.3 Å². The van der Waals surface area contributed by atoms with Crippen molar-refractivity contribution >= 4 is 23.3 Å². The Kier molecular flexibility index (Phi) is 11.0. The summed E-state index contributed by atoms with van der Waals surface area (Å²) in [6, 6.07) is 28.9. The predicted octanol–water partition coefficient (Wildman–Crippen LogP) is 6.48. The van der Waals surface area contributed by atoms with Gasteiger partial charge in [-0.25, -0.2) is 4.79 Å². The first-order valence-corrected chi connectivity index (χ1v) is 15.7. The van der Waals surface area contributed by atoms with Crippen LogP contribution < -0.4 is 24.8 Å². The van der Waals surface area contributed by atoms with E-state index in [1.54, 1.807) is 54.5 Å². The van der Waals surface area contributed by atoms with E-state index in [9.17, 15) is 14.7 Å². The van der Waals surface area contributed by atoms with Crippen LogP contribution in [0, 0.1) is 5.92 Å². The fourth-order valence-electron chi connectivity index (χ4n) is 5.49. The number of para-hydroxylation sites is 2. The van der Waals surface area contributed by atoms with Crippen LogP contribution >= 0.6 is 0 Å². The summed E-state index contributed by atoms with van der Waals surface area (Å²) in [6.07, 6.45) is -0.339. The number of methoxy groups -OCH3 is 1. The Bertz CT molecular complexity index is 1630. The quantitative estimate of drug-likeness (QED) is 0.172. The lowest BCUT2D eigenvalue weighted by molar-refractivity contribution is 0.0343. The molecule has 3 amide bonds. The fourth-order valence-corrected chi connectivity index (χ4v) is 5.49. The zero-order valence-electron chi connectivity index (χ0n) is 27.2. The number of urea groups is 1. The molecular formula is C37H42N4O6. The van der Waals surface area contributed by atoms with Gasteiger partial charge in [-0.3, -0.25) is 9.69 Å². The van der Waals surface area contributed by atoms with E-state index in [0.29, 0.717) is 48.1 Å². The zero-order valence-corrected chi connectivity index (χ0v) is 27.2. The third-order valence-electron chi connectivity index (χ3n) is 8.13. The Labute approximate surface area is 275 Å². The minimum absolute atomic E-state index is 0.0913. The van der Waals surface area contributed by atoms with Crippen LogP contribution in [-0.4, -0.2) is 72.8 Å². The Balaban J connectivity index is 1.34. The van der Waals surface area contributed by atoms with Gasteiger partial charge in [0.25, 0.3) is 5.91 Å². The monoisotopic (exact) mass is 638 g/mol. The number of carbonyl (C=O) groups is 2. The van der Waals surface area contributed by atoms with Crippen molar-refractivity contribution in [1.82, 2.24) is 9.80 Å². The third kappa shape index (κ3) is 8.60. The molecule has 3 atom stereocenters. The highest BCUT2D eigenvalue weighted by Gasteiger charge is 2.34. The molecule has 0 unspecified atom stereocenters. The molecule has 1 aliphatic rings. The number of likely N-dealkylation sites (N-methyl/N-ethyl adjacent to an activating group) is 1. The first kappa shape index (κ1) is 33.3. The van der Waals surface area contributed by atoms with Crippen molar-refractivity contribution in [1.29, 1.82) is 0 Å². The average molecular weight is 639 g/mol. The molecular weight excluding hydrogens is 596 g/mol. The Morgan fingerprint density at radius 2 is 1.64 bits per heavy atom. The van der Waals surface area contributed by atoms with E-state index in [0.717, 1.165) is 17.1 Å². The summed E-state index contributed by atoms with van der Waals surface area (Å²) in [6.45, 7) is 5.29. The van der Waals surface area contributed by atoms with Crippen LogP contribution in [0.5, 0.6) is 23.0 Å². The highest BCUT2D eigenvalue weighted by atomic mass is 16.5. The minimum atomic E-state index is -0.483. The molecule has 0 bridgehead atoms. The van der Waals surface area contributed by atoms with Crippen LogP contribution in [0.1, 0.15) is 29.8 Å². The molecule has 1 aliphatic heterocycles. The van der Waals surface area contributed by atoms with E-state index in [4.69, 9.17) is 14.2 Å². The van der Waals surface area contributed by atoms with Gasteiger partial charge < -0.3 is 34.9 Å². The molecule has 0 radical (unpaired) electrons. The van der Waals surface area contributed by atoms with E-state index in [1.165, 1.54) is 0 Å². The second-order valence-electron chi connectivity index (χ2n) is 11.9. The summed E-state index contributed by atoms with van der Waals surface area (Å²) in [4.78, 5) is 30.7. The second kappa shape index (κ2) is 15.5. The maximum Gasteiger partial charge on any atom is 0.323 e. The molecule has 4 aromatic rings. The van der Waals surface area contributed by atoms with Crippen LogP contribution in [0.3, 0.4) is 0 Å². The van der Waals surface area contributed by atoms with Gasteiger partial charge in [-0.2, -0.15) is 0 Å². The molecule has 4 aromatic carbocycles. The summed E-state index contributed by atoms with van der Waals surface area (Å²) in [5, 5.41) is 15.7. The van der Waals surface area contributed by atoms with E-state index < -0.39 is 12.1 Å². The molecule has 10 nitrogen and oxygen atoms in total. The minimum Gasteiger partial charge on any atom is -0.497 e. The number of hydrogen-bond donors (Lipinski definition) is 3. The number of amides is 3. The number of fused-ring (bicyclic) bond motifs is 1. The number of rotatable bonds is 11. The van der Waals surface area contributed by atoms with Crippen molar-refractivity contribution in [3.63, 3.8) is 0 Å². The number of nitrogens with zero attached hydrogens (tertiary/aromatic N) is 2. The van der Waals surface area contributed by atoms with Gasteiger partial charge in [0.05, 0.1) is 31.0 Å². The molecule has 5 rings (SSSR count). The smallest absolute Gasteiger partial charge is 0.323 e. The summed E-state index contributed by atoms with van der Waals surface area (Å²) in [5.74, 6) is 2.15. The Hall–Kier alpha value is -5.06. The number of benzene rings is 4. The van der Waals surface area contributed by atoms with Gasteiger partial charge in [-0.15, -0.1) is 0 Å². The number of ether oxygens (including phenoxy) is 3. The van der Waals surface area contributed by atoms with E-state index in [2.05, 4.69) is 15.5 Å². The second-order valence-corrected chi connectivity index (χ2v) is 11.9. The molecule has 0 aliphatic carbocycles. The summed E-state index contributed by atoms with van der Waals surface area (Å²) in [5.41, 5.74) is 2.38. The lowest BCUT2D eigenvalue weighted by Gasteiger charge is -2.38. The van der Waals surface area contributed by atoms with Crippen LogP contribution in [0.2, 0.25) is 0 Å². The van der Waals surface area contributed by atoms with Gasteiger partial charge in [0.1, 0.15) is 23.4 Å². The molecule has 1 heterocycles. The van der Waals surface area contributed by atoms with Gasteiger partial charge in [0.2, 0.25) is 0 Å². The fraction of sp³-hybridized carbons (Fsp3) is 0.297. The molecule has 0 saturated heterocycles. The maximum atomic E-state index is 13.8. The maximum absolute atomic E-state index is 13.8. The SMILES string of the molecule is COc1ccc(NC(=O)Nc2cccc3c2O[C@@H](CN(C)Cc2ccc(Oc4ccccc4)cc2)[C@H](C)CN([C@@H](C)CO)C3=O)cc1. The third-order valence-corrected chi connectivity index (χ3v) is 8.13. The normalized spacial score (nSPS) is 16.7. The Morgan fingerprint density at radius 1 is 0.957 bits per heavy atom. The van der Waals surface area contributed by atoms with Gasteiger partial charge in [0.15, 0.2) is 5.75 Å². The average Bonchev–Trinajstić information content (AvgIpc) is 3.08. The number of anilines is 2. The van der Waals surface area contributed by atoms with Crippen molar-refractivity contribution in [2.45, 2.75) is 32.5 Å². The zero-order chi connectivity index (χ0) is 33.3. The molecule has 0 spiro atoms. The molecule has 3 N–H and O–H groups in total. The summed E-state index contributed by atoms with van der Waals surface area (Å²) in [7, 11) is 3.60. The largest absolute Gasteiger partial charge is 0.497 e. The lowest BCUT2D eigenvalue weighted by atomic mass is 9.99. The predicted molar refractivity (Wildman–Crippen MR) is 183 cm³/mol. The Morgan fingerprint density at radius 3 is 2.32 bits per heavy atom. The van der Waals surface area contributed by atoms with E-state index in [-0.39, 0.29) is 24.5 Å². The molecule has 0 saturated carbocycles. The standard InChI is InChI=1S/C37H42N4O6/c1-25-21-41(26(2)24-42)36(43)32-11-8-12-33(39-37(44)38-28-15-19-29(45-4)20-16-28)35(32)47-34(25)23-40(3)22-27-13-17-31(18-14-27)46-30-9-6-5-7-10-30/h5-20,25-26,34,42H,21-24H2,1-4H3,(H2,38,39,44)/t25-,26+,34+/m1/s1. The van der Waals surface area contributed by atoms with Crippen molar-refractivity contribution in [3.8, 4) is 23.0 Å². The van der Waals surface area contributed by atoms with Crippen molar-refractivity contribution in [3.05, 3.63) is 108 Å². The topological polar surface area (TPSA) is 113 Å². The molecule has 10 heteroatoms. The first-order chi connectivity index (χ1) is 22.7. The molecule has 47 heavy (non-hydrogen) atoms. The van der Waals surface area contributed by atoms with Crippen LogP contribution in [0.15, 0.2) is 97.1 Å². The molecule has 246 valence electrons. The number of carbonyl (C=O) groups excluding carboxylic acids is 2. The first-order valence-electron chi connectivity index (χ1n) is 15.7. The number of hydrogen-bond acceptors (Lipinski definition) is 7. The summed E-state index contributed by atoms with van der Waals surface area (Å²) < 4.78 is 17.8.